The molecule has 4 rings (SSSR count). The van der Waals surface area contributed by atoms with Crippen LogP contribution in [0, 0.1) is 11.6 Å². The first kappa shape index (κ1) is 20.9. The van der Waals surface area contributed by atoms with Crippen molar-refractivity contribution in [3.05, 3.63) is 89.2 Å². The summed E-state index contributed by atoms with van der Waals surface area (Å²) in [5.74, 6) is -2.49. The maximum atomic E-state index is 14.1. The fourth-order valence-electron chi connectivity index (χ4n) is 2.93. The predicted octanol–water partition coefficient (Wildman–Crippen LogP) is 5.84. The number of hydrogen-bond acceptors (Lipinski definition) is 4. The Bertz CT molecular complexity index is 1260. The number of thiazole rings is 1. The van der Waals surface area contributed by atoms with E-state index in [1.54, 1.807) is 18.2 Å². The molecular weight excluding hydrogens is 437 g/mol. The number of carbonyl (C=O) groups excluding carboxylic acids is 1. The van der Waals surface area contributed by atoms with Crippen molar-refractivity contribution in [3.63, 3.8) is 0 Å². The summed E-state index contributed by atoms with van der Waals surface area (Å²) in [5, 5.41) is 0.00700. The SMILES string of the molecule is O=C(c1cccc(C(F)(F)F)c1)N(Cc1ccccn1)c1nc2c(F)cc(F)cc2s1. The van der Waals surface area contributed by atoms with Crippen LogP contribution in [0.5, 0.6) is 0 Å². The molecule has 0 saturated carbocycles. The van der Waals surface area contributed by atoms with Gasteiger partial charge in [0.15, 0.2) is 10.9 Å². The Morgan fingerprint density at radius 3 is 2.55 bits per heavy atom. The van der Waals surface area contributed by atoms with Gasteiger partial charge < -0.3 is 0 Å². The summed E-state index contributed by atoms with van der Waals surface area (Å²) in [6.07, 6.45) is -3.13. The Balaban J connectivity index is 1.80. The van der Waals surface area contributed by atoms with Crippen molar-refractivity contribution in [2.75, 3.05) is 4.90 Å². The minimum atomic E-state index is -4.63. The van der Waals surface area contributed by atoms with Crippen LogP contribution in [-0.4, -0.2) is 15.9 Å². The molecule has 0 bridgehead atoms. The van der Waals surface area contributed by atoms with Crippen molar-refractivity contribution in [3.8, 4) is 0 Å². The maximum Gasteiger partial charge on any atom is 0.416 e. The summed E-state index contributed by atoms with van der Waals surface area (Å²) in [5.41, 5.74) is -0.900. The number of benzene rings is 2. The van der Waals surface area contributed by atoms with Crippen molar-refractivity contribution < 1.29 is 26.7 Å². The van der Waals surface area contributed by atoms with Crippen LogP contribution in [0.4, 0.5) is 27.1 Å². The van der Waals surface area contributed by atoms with Crippen LogP contribution >= 0.6 is 11.3 Å². The molecule has 0 fully saturated rings. The number of rotatable bonds is 4. The minimum Gasteiger partial charge on any atom is -0.278 e. The molecule has 0 radical (unpaired) electrons. The van der Waals surface area contributed by atoms with E-state index >= 15 is 0 Å². The molecule has 2 aromatic heterocycles. The van der Waals surface area contributed by atoms with Gasteiger partial charge in [0, 0.05) is 17.8 Å². The first-order valence-corrected chi connectivity index (χ1v) is 9.68. The minimum absolute atomic E-state index is 0.00700. The van der Waals surface area contributed by atoms with Gasteiger partial charge in [0.25, 0.3) is 5.91 Å². The van der Waals surface area contributed by atoms with Crippen molar-refractivity contribution in [2.24, 2.45) is 0 Å². The lowest BCUT2D eigenvalue weighted by atomic mass is 10.1. The summed E-state index contributed by atoms with van der Waals surface area (Å²) in [4.78, 5) is 22.5. The van der Waals surface area contributed by atoms with Crippen molar-refractivity contribution in [1.29, 1.82) is 0 Å². The lowest BCUT2D eigenvalue weighted by molar-refractivity contribution is -0.137. The number of nitrogens with zero attached hydrogens (tertiary/aromatic N) is 3. The first-order valence-electron chi connectivity index (χ1n) is 8.87. The normalized spacial score (nSPS) is 11.6. The molecule has 31 heavy (non-hydrogen) atoms. The van der Waals surface area contributed by atoms with Crippen LogP contribution in [0.1, 0.15) is 21.6 Å². The van der Waals surface area contributed by atoms with E-state index in [4.69, 9.17) is 0 Å². The van der Waals surface area contributed by atoms with E-state index in [0.29, 0.717) is 11.8 Å². The van der Waals surface area contributed by atoms with Gasteiger partial charge in [0.1, 0.15) is 11.3 Å². The highest BCUT2D eigenvalue weighted by Crippen LogP contribution is 2.34. The molecule has 4 nitrogen and oxygen atoms in total. The lowest BCUT2D eigenvalue weighted by Crippen LogP contribution is -2.31. The highest BCUT2D eigenvalue weighted by atomic mass is 32.1. The van der Waals surface area contributed by atoms with Gasteiger partial charge >= 0.3 is 6.18 Å². The summed E-state index contributed by atoms with van der Waals surface area (Å²) >= 11 is 0.850. The van der Waals surface area contributed by atoms with Crippen LogP contribution in [-0.2, 0) is 12.7 Å². The standard InChI is InChI=1S/C21H12F5N3OS/c22-14-9-16(23)18-17(10-14)31-20(28-18)29(11-15-6-1-2-7-27-15)19(30)12-4-3-5-13(8-12)21(24,25)26/h1-10H,11H2. The van der Waals surface area contributed by atoms with E-state index in [0.717, 1.165) is 40.5 Å². The number of anilines is 1. The Kier molecular flexibility index (Phi) is 5.40. The zero-order valence-corrected chi connectivity index (χ0v) is 16.3. The number of hydrogen-bond donors (Lipinski definition) is 0. The van der Waals surface area contributed by atoms with E-state index in [-0.39, 0.29) is 27.5 Å². The van der Waals surface area contributed by atoms with Crippen LogP contribution in [0.2, 0.25) is 0 Å². The van der Waals surface area contributed by atoms with Gasteiger partial charge in [-0.3, -0.25) is 14.7 Å². The Morgan fingerprint density at radius 1 is 1.03 bits per heavy atom. The van der Waals surface area contributed by atoms with Crippen molar-refractivity contribution in [2.45, 2.75) is 12.7 Å². The third kappa shape index (κ3) is 4.38. The highest BCUT2D eigenvalue weighted by Gasteiger charge is 2.32. The van der Waals surface area contributed by atoms with Crippen molar-refractivity contribution in [1.82, 2.24) is 9.97 Å². The van der Waals surface area contributed by atoms with Gasteiger partial charge in [0.05, 0.1) is 22.5 Å². The van der Waals surface area contributed by atoms with Gasteiger partial charge in [-0.1, -0.05) is 23.5 Å². The van der Waals surface area contributed by atoms with Crippen LogP contribution in [0.15, 0.2) is 60.8 Å². The summed E-state index contributed by atoms with van der Waals surface area (Å²) < 4.78 is 67.2. The van der Waals surface area contributed by atoms with Crippen LogP contribution < -0.4 is 4.90 Å². The molecule has 0 aliphatic rings. The molecule has 0 N–H and O–H groups in total. The highest BCUT2D eigenvalue weighted by molar-refractivity contribution is 7.22. The zero-order valence-electron chi connectivity index (χ0n) is 15.5. The number of alkyl halides is 3. The molecule has 1 amide bonds. The quantitative estimate of drug-likeness (QED) is 0.368. The van der Waals surface area contributed by atoms with Gasteiger partial charge in [-0.2, -0.15) is 13.2 Å². The molecule has 2 heterocycles. The summed E-state index contributed by atoms with van der Waals surface area (Å²) in [6.45, 7) is -0.125. The van der Waals surface area contributed by atoms with Gasteiger partial charge in [0.2, 0.25) is 0 Å². The summed E-state index contributed by atoms with van der Waals surface area (Å²) in [6, 6.07) is 10.7. The third-order valence-corrected chi connectivity index (χ3v) is 5.39. The number of carbonyl (C=O) groups is 1. The second kappa shape index (κ2) is 8.03. The molecule has 0 spiro atoms. The molecule has 10 heteroatoms. The second-order valence-corrected chi connectivity index (χ2v) is 7.53. The fourth-order valence-corrected chi connectivity index (χ4v) is 3.93. The molecule has 2 aromatic carbocycles. The van der Waals surface area contributed by atoms with Crippen LogP contribution in [0.25, 0.3) is 10.2 Å². The average molecular weight is 449 g/mol. The number of halogens is 5. The predicted molar refractivity (Wildman–Crippen MR) is 106 cm³/mol. The first-order chi connectivity index (χ1) is 14.7. The Labute approximate surface area is 176 Å². The van der Waals surface area contributed by atoms with Crippen LogP contribution in [0.3, 0.4) is 0 Å². The zero-order chi connectivity index (χ0) is 22.2. The molecule has 0 aliphatic carbocycles. The number of amides is 1. The maximum absolute atomic E-state index is 14.1. The van der Waals surface area contributed by atoms with E-state index < -0.39 is 29.3 Å². The number of aromatic nitrogens is 2. The van der Waals surface area contributed by atoms with Gasteiger partial charge in [-0.15, -0.1) is 0 Å². The second-order valence-electron chi connectivity index (χ2n) is 6.52. The molecule has 0 aliphatic heterocycles. The third-order valence-electron chi connectivity index (χ3n) is 4.36. The van der Waals surface area contributed by atoms with E-state index in [2.05, 4.69) is 9.97 Å². The monoisotopic (exact) mass is 449 g/mol. The van der Waals surface area contributed by atoms with E-state index in [9.17, 15) is 26.7 Å². The lowest BCUT2D eigenvalue weighted by Gasteiger charge is -2.20. The van der Waals surface area contributed by atoms with E-state index in [1.807, 2.05) is 0 Å². The average Bonchev–Trinajstić information content (AvgIpc) is 3.16. The van der Waals surface area contributed by atoms with Crippen molar-refractivity contribution >= 4 is 32.6 Å². The molecular formula is C21H12F5N3OS. The Hall–Kier alpha value is -3.40. The topological polar surface area (TPSA) is 46.1 Å². The molecule has 0 saturated heterocycles. The molecule has 4 aromatic rings. The van der Waals surface area contributed by atoms with Gasteiger partial charge in [-0.25, -0.2) is 13.8 Å². The number of fused-ring (bicyclic) bond motifs is 1. The molecule has 158 valence electrons. The number of pyridine rings is 1. The molecule has 0 atom stereocenters. The Morgan fingerprint density at radius 2 is 1.84 bits per heavy atom. The fraction of sp³-hybridized carbons (Fsp3) is 0.0952. The molecule has 0 unspecified atom stereocenters. The largest absolute Gasteiger partial charge is 0.416 e. The smallest absolute Gasteiger partial charge is 0.278 e. The van der Waals surface area contributed by atoms with Gasteiger partial charge in [-0.05, 0) is 36.4 Å². The summed E-state index contributed by atoms with van der Waals surface area (Å²) in [7, 11) is 0. The van der Waals surface area contributed by atoms with E-state index in [1.165, 1.54) is 12.3 Å².